The summed E-state index contributed by atoms with van der Waals surface area (Å²) < 4.78 is 4.91. The van der Waals surface area contributed by atoms with Gasteiger partial charge in [-0.05, 0) is 12.1 Å². The second-order valence-electron chi connectivity index (χ2n) is 5.83. The second-order valence-corrected chi connectivity index (χ2v) is 5.83. The first-order valence-electron chi connectivity index (χ1n) is 7.35. The first kappa shape index (κ1) is 18.7. The third-order valence-electron chi connectivity index (χ3n) is 3.97. The maximum Gasteiger partial charge on any atom is 0.335 e. The summed E-state index contributed by atoms with van der Waals surface area (Å²) in [5.41, 5.74) is -2.19. The Morgan fingerprint density at radius 1 is 1.20 bits per heavy atom. The summed E-state index contributed by atoms with van der Waals surface area (Å²) >= 11 is 0. The number of aromatic hydroxyl groups is 2. The first-order chi connectivity index (χ1) is 11.6. The number of esters is 1. The predicted octanol–water partition coefficient (Wildman–Crippen LogP) is -0.646. The Morgan fingerprint density at radius 3 is 2.52 bits per heavy atom. The van der Waals surface area contributed by atoms with E-state index in [4.69, 9.17) is 9.84 Å². The maximum atomic E-state index is 11.8. The number of benzene rings is 1. The molecule has 1 saturated carbocycles. The lowest BCUT2D eigenvalue weighted by molar-refractivity contribution is -0.196. The van der Waals surface area contributed by atoms with Gasteiger partial charge in [-0.3, -0.25) is 0 Å². The molecular formula is C16H18O9. The summed E-state index contributed by atoms with van der Waals surface area (Å²) in [5.74, 6) is -3.42. The number of phenols is 2. The molecule has 0 radical (unpaired) electrons. The van der Waals surface area contributed by atoms with Crippen LogP contribution in [0.1, 0.15) is 18.4 Å². The number of carboxylic acids is 1. The molecule has 0 bridgehead atoms. The zero-order valence-corrected chi connectivity index (χ0v) is 12.9. The van der Waals surface area contributed by atoms with E-state index in [1.54, 1.807) is 0 Å². The van der Waals surface area contributed by atoms with Crippen molar-refractivity contribution in [3.05, 3.63) is 29.8 Å². The zero-order chi connectivity index (χ0) is 18.8. The minimum atomic E-state index is -2.32. The van der Waals surface area contributed by atoms with Gasteiger partial charge in [-0.1, -0.05) is 12.1 Å². The average molecular weight is 354 g/mol. The molecule has 9 heteroatoms. The fourth-order valence-electron chi connectivity index (χ4n) is 2.57. The lowest BCUT2D eigenvalue weighted by Crippen LogP contribution is -2.57. The lowest BCUT2D eigenvalue weighted by atomic mass is 9.79. The fourth-order valence-corrected chi connectivity index (χ4v) is 2.57. The quantitative estimate of drug-likeness (QED) is 0.234. The molecule has 9 nitrogen and oxygen atoms in total. The van der Waals surface area contributed by atoms with Crippen LogP contribution in [0.2, 0.25) is 0 Å². The summed E-state index contributed by atoms with van der Waals surface area (Å²) in [6.07, 6.45) is -3.70. The highest BCUT2D eigenvalue weighted by atomic mass is 16.6. The van der Waals surface area contributed by atoms with Crippen LogP contribution in [0.4, 0.5) is 0 Å². The molecule has 2 rings (SSSR count). The van der Waals surface area contributed by atoms with Crippen LogP contribution in [0.15, 0.2) is 24.3 Å². The highest BCUT2D eigenvalue weighted by molar-refractivity contribution is 5.88. The molecule has 0 aliphatic heterocycles. The molecule has 6 N–H and O–H groups in total. The standard InChI is InChI=1S/C16H18O9/c17-9-3-1-2-8(13(9)20)4-5-12(19)25-11-7-16(24,15(22)23)6-10(18)14(11)21/h1-5,10-11,14,17-18,20-21,24H,6-7H2,(H,22,23)/b5-4+/t10-,11-,14+,16-/m1/s1. The van der Waals surface area contributed by atoms with Crippen LogP contribution in [0.5, 0.6) is 11.5 Å². The van der Waals surface area contributed by atoms with Crippen molar-refractivity contribution in [3.63, 3.8) is 0 Å². The third kappa shape index (κ3) is 4.08. The van der Waals surface area contributed by atoms with Crippen molar-refractivity contribution in [1.29, 1.82) is 0 Å². The molecule has 1 fully saturated rings. The molecule has 0 unspecified atom stereocenters. The number of aliphatic hydroxyl groups is 3. The zero-order valence-electron chi connectivity index (χ0n) is 12.9. The van der Waals surface area contributed by atoms with Gasteiger partial charge in [0, 0.05) is 24.5 Å². The van der Waals surface area contributed by atoms with Crippen LogP contribution < -0.4 is 0 Å². The number of ether oxygens (including phenoxy) is 1. The number of aliphatic hydroxyl groups excluding tert-OH is 2. The molecule has 0 aromatic heterocycles. The molecule has 136 valence electrons. The van der Waals surface area contributed by atoms with E-state index in [0.29, 0.717) is 0 Å². The minimum absolute atomic E-state index is 0.128. The SMILES string of the molecule is O=C(/C=C/c1cccc(O)c1O)O[C@@H]1C[C@@](O)(C(=O)O)C[C@@H](O)[C@@H]1O. The van der Waals surface area contributed by atoms with Gasteiger partial charge in [0.15, 0.2) is 17.1 Å². The summed E-state index contributed by atoms with van der Waals surface area (Å²) in [6, 6.07) is 4.10. The van der Waals surface area contributed by atoms with Crippen LogP contribution in [0.25, 0.3) is 6.08 Å². The van der Waals surface area contributed by atoms with E-state index in [-0.39, 0.29) is 11.3 Å². The van der Waals surface area contributed by atoms with Gasteiger partial charge in [-0.2, -0.15) is 0 Å². The van der Waals surface area contributed by atoms with E-state index < -0.39 is 54.4 Å². The van der Waals surface area contributed by atoms with Gasteiger partial charge < -0.3 is 35.4 Å². The van der Waals surface area contributed by atoms with Crippen LogP contribution in [-0.4, -0.2) is 66.5 Å². The molecule has 0 heterocycles. The third-order valence-corrected chi connectivity index (χ3v) is 3.97. The number of hydrogen-bond donors (Lipinski definition) is 6. The van der Waals surface area contributed by atoms with Gasteiger partial charge >= 0.3 is 11.9 Å². The summed E-state index contributed by atoms with van der Waals surface area (Å²) in [4.78, 5) is 22.9. The molecule has 0 amide bonds. The predicted molar refractivity (Wildman–Crippen MR) is 82.5 cm³/mol. The van der Waals surface area contributed by atoms with Gasteiger partial charge in [0.25, 0.3) is 0 Å². The second kappa shape index (κ2) is 7.09. The van der Waals surface area contributed by atoms with Gasteiger partial charge in [0.05, 0.1) is 6.10 Å². The van der Waals surface area contributed by atoms with Crippen molar-refractivity contribution in [2.75, 3.05) is 0 Å². The molecule has 25 heavy (non-hydrogen) atoms. The number of aliphatic carboxylic acids is 1. The Kier molecular flexibility index (Phi) is 5.31. The smallest absolute Gasteiger partial charge is 0.335 e. The number of hydrogen-bond acceptors (Lipinski definition) is 8. The minimum Gasteiger partial charge on any atom is -0.504 e. The van der Waals surface area contributed by atoms with Crippen LogP contribution in [0.3, 0.4) is 0 Å². The van der Waals surface area contributed by atoms with Crippen molar-refractivity contribution in [1.82, 2.24) is 0 Å². The van der Waals surface area contributed by atoms with Crippen molar-refractivity contribution >= 4 is 18.0 Å². The largest absolute Gasteiger partial charge is 0.504 e. The van der Waals surface area contributed by atoms with Crippen molar-refractivity contribution in [2.45, 2.75) is 36.8 Å². The Labute approximate surface area is 142 Å². The van der Waals surface area contributed by atoms with E-state index in [0.717, 1.165) is 12.2 Å². The fraction of sp³-hybridized carbons (Fsp3) is 0.375. The van der Waals surface area contributed by atoms with Gasteiger partial charge in [-0.25, -0.2) is 9.59 Å². The Morgan fingerprint density at radius 2 is 1.88 bits per heavy atom. The number of para-hydroxylation sites is 1. The number of carboxylic acid groups (broad SMARTS) is 1. The maximum absolute atomic E-state index is 11.8. The number of carbonyl (C=O) groups is 2. The molecule has 0 spiro atoms. The normalized spacial score (nSPS) is 29.5. The van der Waals surface area contributed by atoms with Crippen molar-refractivity contribution < 1.29 is 45.0 Å². The lowest BCUT2D eigenvalue weighted by Gasteiger charge is -2.39. The highest BCUT2D eigenvalue weighted by Gasteiger charge is 2.50. The summed E-state index contributed by atoms with van der Waals surface area (Å²) in [6.45, 7) is 0. The van der Waals surface area contributed by atoms with Crippen molar-refractivity contribution in [3.8, 4) is 11.5 Å². The van der Waals surface area contributed by atoms with E-state index >= 15 is 0 Å². The van der Waals surface area contributed by atoms with E-state index in [9.17, 15) is 35.1 Å². The topological polar surface area (TPSA) is 165 Å². The van der Waals surface area contributed by atoms with Crippen LogP contribution in [-0.2, 0) is 14.3 Å². The number of rotatable bonds is 4. The monoisotopic (exact) mass is 354 g/mol. The van der Waals surface area contributed by atoms with Gasteiger partial charge in [0.1, 0.15) is 12.2 Å². The Bertz CT molecular complexity index is 699. The van der Waals surface area contributed by atoms with Crippen LogP contribution >= 0.6 is 0 Å². The Balaban J connectivity index is 2.09. The van der Waals surface area contributed by atoms with Gasteiger partial charge in [0.2, 0.25) is 0 Å². The summed E-state index contributed by atoms with van der Waals surface area (Å²) in [5, 5.41) is 57.5. The average Bonchev–Trinajstić information content (AvgIpc) is 2.53. The van der Waals surface area contributed by atoms with E-state index in [1.165, 1.54) is 18.2 Å². The molecule has 1 aliphatic carbocycles. The molecule has 1 aromatic carbocycles. The first-order valence-corrected chi connectivity index (χ1v) is 7.35. The number of carbonyl (C=O) groups excluding carboxylic acids is 1. The van der Waals surface area contributed by atoms with Crippen molar-refractivity contribution in [2.24, 2.45) is 0 Å². The van der Waals surface area contributed by atoms with Crippen LogP contribution in [0, 0.1) is 0 Å². The molecular weight excluding hydrogens is 336 g/mol. The number of phenolic OH excluding ortho intramolecular Hbond substituents is 2. The van der Waals surface area contributed by atoms with Gasteiger partial charge in [-0.15, -0.1) is 0 Å². The molecule has 1 aliphatic rings. The highest BCUT2D eigenvalue weighted by Crippen LogP contribution is 2.32. The van der Waals surface area contributed by atoms with E-state index in [1.807, 2.05) is 0 Å². The van der Waals surface area contributed by atoms with E-state index in [2.05, 4.69) is 0 Å². The Hall–Kier alpha value is -2.62. The summed E-state index contributed by atoms with van der Waals surface area (Å²) in [7, 11) is 0. The molecule has 1 aromatic rings. The molecule has 4 atom stereocenters. The molecule has 0 saturated heterocycles.